The molecule has 90 valence electrons. The van der Waals surface area contributed by atoms with Crippen molar-refractivity contribution in [2.45, 2.75) is 19.3 Å². The van der Waals surface area contributed by atoms with Gasteiger partial charge in [-0.1, -0.05) is 0 Å². The van der Waals surface area contributed by atoms with E-state index >= 15 is 0 Å². The lowest BCUT2D eigenvalue weighted by Crippen LogP contribution is -2.47. The molecule has 0 aliphatic carbocycles. The number of likely N-dealkylation sites (tertiary alicyclic amines) is 1. The summed E-state index contributed by atoms with van der Waals surface area (Å²) >= 11 is 0. The van der Waals surface area contributed by atoms with Gasteiger partial charge in [0.05, 0.1) is 5.92 Å². The molecule has 0 radical (unpaired) electrons. The van der Waals surface area contributed by atoms with Crippen LogP contribution in [-0.4, -0.2) is 48.1 Å². The van der Waals surface area contributed by atoms with E-state index in [1.165, 1.54) is 0 Å². The molecule has 2 heterocycles. The molecule has 2 saturated heterocycles. The van der Waals surface area contributed by atoms with Crippen molar-refractivity contribution in [2.75, 3.05) is 26.2 Å². The van der Waals surface area contributed by atoms with E-state index in [2.05, 4.69) is 5.32 Å². The van der Waals surface area contributed by atoms with Crippen LogP contribution < -0.4 is 5.32 Å². The zero-order chi connectivity index (χ0) is 11.5. The first kappa shape index (κ1) is 11.4. The van der Waals surface area contributed by atoms with Gasteiger partial charge in [-0.3, -0.25) is 9.59 Å². The highest BCUT2D eigenvalue weighted by Gasteiger charge is 2.30. The van der Waals surface area contributed by atoms with Gasteiger partial charge >= 0.3 is 5.97 Å². The molecule has 5 nitrogen and oxygen atoms in total. The van der Waals surface area contributed by atoms with Gasteiger partial charge in [-0.15, -0.1) is 0 Å². The van der Waals surface area contributed by atoms with Crippen molar-refractivity contribution in [3.63, 3.8) is 0 Å². The molecule has 2 N–H and O–H groups in total. The summed E-state index contributed by atoms with van der Waals surface area (Å²) in [6.07, 6.45) is 2.08. The Kier molecular flexibility index (Phi) is 3.43. The molecule has 1 amide bonds. The maximum atomic E-state index is 11.9. The van der Waals surface area contributed by atoms with Crippen LogP contribution in [0.25, 0.3) is 0 Å². The Hall–Kier alpha value is -1.10. The molecule has 16 heavy (non-hydrogen) atoms. The van der Waals surface area contributed by atoms with E-state index in [0.717, 1.165) is 26.1 Å². The highest BCUT2D eigenvalue weighted by atomic mass is 16.4. The Bertz CT molecular complexity index is 289. The SMILES string of the molecule is O=C(O)[C@@H]1CCCN(C(=O)CC2CNC2)C1. The van der Waals surface area contributed by atoms with Crippen LogP contribution in [0.4, 0.5) is 0 Å². The van der Waals surface area contributed by atoms with Crippen LogP contribution in [0.2, 0.25) is 0 Å². The monoisotopic (exact) mass is 226 g/mol. The first-order valence-electron chi connectivity index (χ1n) is 5.88. The van der Waals surface area contributed by atoms with Crippen LogP contribution in [0.3, 0.4) is 0 Å². The maximum absolute atomic E-state index is 11.9. The third-order valence-electron chi connectivity index (χ3n) is 3.45. The normalized spacial score (nSPS) is 26.2. The Morgan fingerprint density at radius 1 is 1.38 bits per heavy atom. The predicted molar refractivity (Wildman–Crippen MR) is 57.9 cm³/mol. The third-order valence-corrected chi connectivity index (χ3v) is 3.45. The number of carboxylic acid groups (broad SMARTS) is 1. The van der Waals surface area contributed by atoms with Gasteiger partial charge < -0.3 is 15.3 Å². The number of amides is 1. The molecule has 2 aliphatic rings. The van der Waals surface area contributed by atoms with E-state index in [9.17, 15) is 9.59 Å². The number of piperidine rings is 1. The summed E-state index contributed by atoms with van der Waals surface area (Å²) < 4.78 is 0. The van der Waals surface area contributed by atoms with Crippen molar-refractivity contribution < 1.29 is 14.7 Å². The Balaban J connectivity index is 1.83. The van der Waals surface area contributed by atoms with Gasteiger partial charge in [-0.05, 0) is 31.8 Å². The van der Waals surface area contributed by atoms with Gasteiger partial charge in [0.25, 0.3) is 0 Å². The minimum atomic E-state index is -0.775. The first-order valence-corrected chi connectivity index (χ1v) is 5.88. The van der Waals surface area contributed by atoms with E-state index in [0.29, 0.717) is 25.3 Å². The molecule has 0 aromatic rings. The molecule has 0 bridgehead atoms. The topological polar surface area (TPSA) is 69.6 Å². The minimum absolute atomic E-state index is 0.123. The van der Waals surface area contributed by atoms with Crippen LogP contribution >= 0.6 is 0 Å². The Morgan fingerprint density at radius 2 is 2.12 bits per heavy atom. The summed E-state index contributed by atoms with van der Waals surface area (Å²) in [5.74, 6) is -0.560. The zero-order valence-electron chi connectivity index (χ0n) is 9.32. The number of rotatable bonds is 3. The number of hydrogen-bond donors (Lipinski definition) is 2. The van der Waals surface area contributed by atoms with Crippen LogP contribution in [0.5, 0.6) is 0 Å². The van der Waals surface area contributed by atoms with Gasteiger partial charge in [0.15, 0.2) is 0 Å². The number of nitrogens with zero attached hydrogens (tertiary/aromatic N) is 1. The Labute approximate surface area is 94.8 Å². The van der Waals surface area contributed by atoms with Crippen LogP contribution in [0, 0.1) is 11.8 Å². The highest BCUT2D eigenvalue weighted by molar-refractivity contribution is 5.78. The van der Waals surface area contributed by atoms with E-state index < -0.39 is 5.97 Å². The average Bonchev–Trinajstić information content (AvgIpc) is 2.23. The number of carboxylic acids is 1. The van der Waals surface area contributed by atoms with Crippen molar-refractivity contribution in [1.29, 1.82) is 0 Å². The molecule has 0 saturated carbocycles. The van der Waals surface area contributed by atoms with Gasteiger partial charge in [-0.2, -0.15) is 0 Å². The summed E-state index contributed by atoms with van der Waals surface area (Å²) in [7, 11) is 0. The molecular formula is C11H18N2O3. The lowest BCUT2D eigenvalue weighted by Gasteiger charge is -2.33. The maximum Gasteiger partial charge on any atom is 0.308 e. The number of aliphatic carboxylic acids is 1. The van der Waals surface area contributed by atoms with Crippen molar-refractivity contribution in [3.8, 4) is 0 Å². The molecule has 0 spiro atoms. The van der Waals surface area contributed by atoms with Crippen LogP contribution in [0.15, 0.2) is 0 Å². The van der Waals surface area contributed by atoms with Crippen LogP contribution in [-0.2, 0) is 9.59 Å². The van der Waals surface area contributed by atoms with Crippen molar-refractivity contribution in [3.05, 3.63) is 0 Å². The van der Waals surface area contributed by atoms with Crippen molar-refractivity contribution in [2.24, 2.45) is 11.8 Å². The van der Waals surface area contributed by atoms with Gasteiger partial charge in [0.1, 0.15) is 0 Å². The third kappa shape index (κ3) is 2.52. The summed E-state index contributed by atoms with van der Waals surface area (Å²) in [5, 5.41) is 12.1. The molecule has 1 atom stereocenters. The highest BCUT2D eigenvalue weighted by Crippen LogP contribution is 2.19. The molecule has 5 heteroatoms. The second kappa shape index (κ2) is 4.82. The molecule has 0 unspecified atom stereocenters. The summed E-state index contributed by atoms with van der Waals surface area (Å²) in [6, 6.07) is 0. The second-order valence-electron chi connectivity index (χ2n) is 4.75. The number of nitrogens with one attached hydrogen (secondary N) is 1. The second-order valence-corrected chi connectivity index (χ2v) is 4.75. The summed E-state index contributed by atoms with van der Waals surface area (Å²) in [4.78, 5) is 24.5. The van der Waals surface area contributed by atoms with Gasteiger partial charge in [-0.25, -0.2) is 0 Å². The minimum Gasteiger partial charge on any atom is -0.481 e. The van der Waals surface area contributed by atoms with E-state index in [1.807, 2.05) is 0 Å². The lowest BCUT2D eigenvalue weighted by atomic mass is 9.95. The molecule has 0 aromatic heterocycles. The van der Waals surface area contributed by atoms with Crippen molar-refractivity contribution >= 4 is 11.9 Å². The number of carbonyl (C=O) groups is 2. The number of hydrogen-bond acceptors (Lipinski definition) is 3. The molecule has 2 aliphatic heterocycles. The van der Waals surface area contributed by atoms with E-state index in [4.69, 9.17) is 5.11 Å². The molecule has 0 aromatic carbocycles. The van der Waals surface area contributed by atoms with Crippen molar-refractivity contribution in [1.82, 2.24) is 10.2 Å². The van der Waals surface area contributed by atoms with Gasteiger partial charge in [0, 0.05) is 19.5 Å². The molecule has 2 fully saturated rings. The lowest BCUT2D eigenvalue weighted by molar-refractivity contribution is -0.146. The van der Waals surface area contributed by atoms with E-state index in [-0.39, 0.29) is 11.8 Å². The quantitative estimate of drug-likeness (QED) is 0.706. The largest absolute Gasteiger partial charge is 0.481 e. The number of carbonyl (C=O) groups excluding carboxylic acids is 1. The van der Waals surface area contributed by atoms with Crippen LogP contribution in [0.1, 0.15) is 19.3 Å². The fourth-order valence-electron chi connectivity index (χ4n) is 2.27. The first-order chi connectivity index (χ1) is 7.66. The molecular weight excluding hydrogens is 208 g/mol. The standard InChI is InChI=1S/C11H18N2O3/c14-10(4-8-5-12-6-8)13-3-1-2-9(7-13)11(15)16/h8-9,12H,1-7H2,(H,15,16)/t9-/m1/s1. The average molecular weight is 226 g/mol. The zero-order valence-corrected chi connectivity index (χ0v) is 9.32. The Morgan fingerprint density at radius 3 is 2.69 bits per heavy atom. The molecule has 2 rings (SSSR count). The smallest absolute Gasteiger partial charge is 0.308 e. The fraction of sp³-hybridized carbons (Fsp3) is 0.818. The fourth-order valence-corrected chi connectivity index (χ4v) is 2.27. The summed E-state index contributed by atoms with van der Waals surface area (Å²) in [5.41, 5.74) is 0. The summed E-state index contributed by atoms with van der Waals surface area (Å²) in [6.45, 7) is 2.96. The van der Waals surface area contributed by atoms with Gasteiger partial charge in [0.2, 0.25) is 5.91 Å². The predicted octanol–water partition coefficient (Wildman–Crippen LogP) is -0.0809. The van der Waals surface area contributed by atoms with E-state index in [1.54, 1.807) is 4.90 Å².